The number of piperazine rings is 1. The van der Waals surface area contributed by atoms with E-state index in [-0.39, 0.29) is 17.6 Å². The Kier molecular flexibility index (Phi) is 10.8. The number of hydrogen-bond donors (Lipinski definition) is 3. The first-order chi connectivity index (χ1) is 22.9. The van der Waals surface area contributed by atoms with Crippen molar-refractivity contribution in [3.05, 3.63) is 136 Å². The summed E-state index contributed by atoms with van der Waals surface area (Å²) in [5.74, 6) is -0.447. The molecule has 2 aliphatic heterocycles. The molecule has 3 N–H and O–H groups in total. The zero-order valence-corrected chi connectivity index (χ0v) is 27.2. The molecule has 2 aliphatic rings. The lowest BCUT2D eigenvalue weighted by atomic mass is 9.95. The van der Waals surface area contributed by atoms with Crippen molar-refractivity contribution in [1.29, 1.82) is 0 Å². The van der Waals surface area contributed by atoms with Gasteiger partial charge < -0.3 is 25.8 Å². The highest BCUT2D eigenvalue weighted by molar-refractivity contribution is 6.30. The molecule has 2 amide bonds. The first-order valence-corrected chi connectivity index (χ1v) is 16.7. The fourth-order valence-corrected chi connectivity index (χ4v) is 6.60. The van der Waals surface area contributed by atoms with Gasteiger partial charge in [-0.3, -0.25) is 9.59 Å². The van der Waals surface area contributed by atoms with E-state index in [0.717, 1.165) is 35.3 Å². The molecule has 0 spiro atoms. The van der Waals surface area contributed by atoms with Gasteiger partial charge in [0.2, 0.25) is 11.8 Å². The van der Waals surface area contributed by atoms with E-state index in [4.69, 9.17) is 11.6 Å². The number of nitrogens with zero attached hydrogens (tertiary/aromatic N) is 2. The van der Waals surface area contributed by atoms with Crippen LogP contribution in [0.4, 0.5) is 10.1 Å². The second kappa shape index (κ2) is 15.6. The SMILES string of the molecule is O=C(N[C@H](Cc1ccc(Cl)cc1)C(=O)N1CCN(c2ccccc2CNCCc2cccc(F)c2)CC1)[C@H]1Cc2ccccc2CN1. The maximum Gasteiger partial charge on any atom is 0.245 e. The van der Waals surface area contributed by atoms with Gasteiger partial charge >= 0.3 is 0 Å². The highest BCUT2D eigenvalue weighted by Crippen LogP contribution is 2.23. The van der Waals surface area contributed by atoms with E-state index in [0.29, 0.717) is 57.1 Å². The standard InChI is InChI=1S/C38H41ClFN5O2/c39-32-14-12-28(13-15-32)23-35(43-37(46)34-24-29-7-1-2-8-30(29)26-42-34)38(47)45-20-18-44(19-21-45)36-11-4-3-9-31(36)25-41-17-16-27-6-5-10-33(40)22-27/h1-15,22,34-35,41-42H,16-21,23-26H2,(H,43,46)/t34-,35-/m1/s1. The summed E-state index contributed by atoms with van der Waals surface area (Å²) in [7, 11) is 0. The summed E-state index contributed by atoms with van der Waals surface area (Å²) in [6, 6.07) is 29.5. The maximum atomic E-state index is 14.0. The number of hydrogen-bond acceptors (Lipinski definition) is 5. The molecule has 0 radical (unpaired) electrons. The summed E-state index contributed by atoms with van der Waals surface area (Å²) >= 11 is 6.13. The number of rotatable bonds is 11. The molecule has 0 aromatic heterocycles. The van der Waals surface area contributed by atoms with Crippen molar-refractivity contribution in [1.82, 2.24) is 20.9 Å². The summed E-state index contributed by atoms with van der Waals surface area (Å²) < 4.78 is 13.5. The lowest BCUT2D eigenvalue weighted by Crippen LogP contribution is -2.58. The van der Waals surface area contributed by atoms with Crippen molar-refractivity contribution >= 4 is 29.1 Å². The van der Waals surface area contributed by atoms with E-state index in [1.165, 1.54) is 17.2 Å². The van der Waals surface area contributed by atoms with Crippen LogP contribution in [0.15, 0.2) is 97.1 Å². The van der Waals surface area contributed by atoms with E-state index in [2.05, 4.69) is 45.1 Å². The summed E-state index contributed by atoms with van der Waals surface area (Å²) in [5, 5.41) is 10.6. The number of carbonyl (C=O) groups is 2. The largest absolute Gasteiger partial charge is 0.368 e. The van der Waals surface area contributed by atoms with Crippen LogP contribution < -0.4 is 20.9 Å². The van der Waals surface area contributed by atoms with Crippen LogP contribution in [0.2, 0.25) is 5.02 Å². The van der Waals surface area contributed by atoms with Crippen LogP contribution in [0.5, 0.6) is 0 Å². The van der Waals surface area contributed by atoms with Crippen molar-refractivity contribution in [2.75, 3.05) is 37.6 Å². The lowest BCUT2D eigenvalue weighted by molar-refractivity contribution is -0.137. The van der Waals surface area contributed by atoms with E-state index in [1.807, 2.05) is 59.5 Å². The lowest BCUT2D eigenvalue weighted by Gasteiger charge is -2.38. The third-order valence-corrected chi connectivity index (χ3v) is 9.34. The van der Waals surface area contributed by atoms with Crippen LogP contribution in [0, 0.1) is 5.82 Å². The van der Waals surface area contributed by atoms with Gasteiger partial charge in [0.05, 0.1) is 6.04 Å². The van der Waals surface area contributed by atoms with Crippen LogP contribution >= 0.6 is 11.6 Å². The van der Waals surface area contributed by atoms with Crippen LogP contribution in [0.25, 0.3) is 0 Å². The van der Waals surface area contributed by atoms with Crippen molar-refractivity contribution in [3.8, 4) is 0 Å². The quantitative estimate of drug-likeness (QED) is 0.201. The molecule has 9 heteroatoms. The van der Waals surface area contributed by atoms with E-state index < -0.39 is 12.1 Å². The van der Waals surface area contributed by atoms with Gasteiger partial charge in [-0.1, -0.05) is 78.3 Å². The van der Waals surface area contributed by atoms with Crippen molar-refractivity contribution in [2.24, 2.45) is 0 Å². The first kappa shape index (κ1) is 32.7. The molecular weight excluding hydrogens is 613 g/mol. The summed E-state index contributed by atoms with van der Waals surface area (Å²) in [4.78, 5) is 31.8. The second-order valence-electron chi connectivity index (χ2n) is 12.3. The Labute approximate surface area is 281 Å². The number of anilines is 1. The van der Waals surface area contributed by atoms with Crippen LogP contribution in [0.3, 0.4) is 0 Å². The first-order valence-electron chi connectivity index (χ1n) is 16.3. The summed E-state index contributed by atoms with van der Waals surface area (Å²) in [6.45, 7) is 4.55. The number of carbonyl (C=O) groups excluding carboxylic acids is 2. The van der Waals surface area contributed by atoms with Gasteiger partial charge in [0.1, 0.15) is 11.9 Å². The third-order valence-electron chi connectivity index (χ3n) is 9.08. The van der Waals surface area contributed by atoms with Gasteiger partial charge in [-0.2, -0.15) is 0 Å². The predicted octanol–water partition coefficient (Wildman–Crippen LogP) is 4.90. The van der Waals surface area contributed by atoms with Gasteiger partial charge in [-0.15, -0.1) is 0 Å². The number of amides is 2. The Hall–Kier alpha value is -4.24. The van der Waals surface area contributed by atoms with Crippen molar-refractivity contribution < 1.29 is 14.0 Å². The van der Waals surface area contributed by atoms with Crippen molar-refractivity contribution in [3.63, 3.8) is 0 Å². The third kappa shape index (κ3) is 8.57. The van der Waals surface area contributed by atoms with Gasteiger partial charge in [0, 0.05) is 56.4 Å². The molecule has 0 unspecified atom stereocenters. The second-order valence-corrected chi connectivity index (χ2v) is 12.7. The van der Waals surface area contributed by atoms with Crippen LogP contribution in [-0.2, 0) is 41.9 Å². The van der Waals surface area contributed by atoms with Crippen molar-refractivity contribution in [2.45, 2.75) is 44.4 Å². The number of para-hydroxylation sites is 1. The zero-order valence-electron chi connectivity index (χ0n) is 26.4. The highest BCUT2D eigenvalue weighted by atomic mass is 35.5. The molecule has 0 bridgehead atoms. The van der Waals surface area contributed by atoms with Gasteiger partial charge in [0.25, 0.3) is 0 Å². The minimum Gasteiger partial charge on any atom is -0.368 e. The average Bonchev–Trinajstić information content (AvgIpc) is 3.10. The molecule has 47 heavy (non-hydrogen) atoms. The molecule has 4 aromatic rings. The Morgan fingerprint density at radius 2 is 1.62 bits per heavy atom. The number of benzene rings is 4. The zero-order chi connectivity index (χ0) is 32.6. The van der Waals surface area contributed by atoms with Crippen LogP contribution in [0.1, 0.15) is 27.8 Å². The predicted molar refractivity (Wildman–Crippen MR) is 185 cm³/mol. The van der Waals surface area contributed by atoms with E-state index >= 15 is 0 Å². The average molecular weight is 654 g/mol. The van der Waals surface area contributed by atoms with Gasteiger partial charge in [0.15, 0.2) is 0 Å². The molecule has 2 heterocycles. The van der Waals surface area contributed by atoms with Gasteiger partial charge in [-0.05, 0) is 77.5 Å². The number of nitrogens with one attached hydrogen (secondary N) is 3. The number of fused-ring (bicyclic) bond motifs is 1. The highest BCUT2D eigenvalue weighted by Gasteiger charge is 2.32. The Balaban J connectivity index is 1.07. The normalized spacial score (nSPS) is 16.8. The monoisotopic (exact) mass is 653 g/mol. The van der Waals surface area contributed by atoms with E-state index in [1.54, 1.807) is 12.1 Å². The summed E-state index contributed by atoms with van der Waals surface area (Å²) in [6.07, 6.45) is 1.72. The molecule has 6 rings (SSSR count). The molecule has 7 nitrogen and oxygen atoms in total. The Morgan fingerprint density at radius 1 is 0.872 bits per heavy atom. The fourth-order valence-electron chi connectivity index (χ4n) is 6.47. The Morgan fingerprint density at radius 3 is 2.40 bits per heavy atom. The molecule has 0 aliphatic carbocycles. The molecule has 244 valence electrons. The Bertz CT molecular complexity index is 1670. The molecule has 4 aromatic carbocycles. The van der Waals surface area contributed by atoms with Gasteiger partial charge in [-0.25, -0.2) is 4.39 Å². The maximum absolute atomic E-state index is 14.0. The topological polar surface area (TPSA) is 76.7 Å². The molecule has 1 fully saturated rings. The van der Waals surface area contributed by atoms with E-state index in [9.17, 15) is 14.0 Å². The molecular formula is C38H41ClFN5O2. The minimum absolute atomic E-state index is 0.0727. The molecule has 0 saturated carbocycles. The smallest absolute Gasteiger partial charge is 0.245 e. The molecule has 1 saturated heterocycles. The minimum atomic E-state index is -0.691. The summed E-state index contributed by atoms with van der Waals surface area (Å²) in [5.41, 5.74) is 6.59. The van der Waals surface area contributed by atoms with Crippen LogP contribution in [-0.4, -0.2) is 61.5 Å². The fraction of sp³-hybridized carbons (Fsp3) is 0.316. The number of halogens is 2. The molecule has 2 atom stereocenters.